The highest BCUT2D eigenvalue weighted by Gasteiger charge is 2.22. The highest BCUT2D eigenvalue weighted by molar-refractivity contribution is 5.94. The summed E-state index contributed by atoms with van der Waals surface area (Å²) in [6, 6.07) is 16.3. The van der Waals surface area contributed by atoms with Gasteiger partial charge in [-0.1, -0.05) is 48.4 Å². The lowest BCUT2D eigenvalue weighted by atomic mass is 10.0. The number of hydrogen-bond donors (Lipinski definition) is 6. The first-order chi connectivity index (χ1) is 34.3. The normalized spacial score (nSPS) is 14.2. The molecule has 2 aliphatic heterocycles. The molecule has 1 amide bonds. The van der Waals surface area contributed by atoms with Crippen molar-refractivity contribution in [1.29, 1.82) is 0 Å². The number of rotatable bonds is 17. The summed E-state index contributed by atoms with van der Waals surface area (Å²) < 4.78 is 32.4. The van der Waals surface area contributed by atoms with Gasteiger partial charge in [-0.3, -0.25) is 4.79 Å². The number of hydrogen-bond acceptors (Lipinski definition) is 18. The Morgan fingerprint density at radius 3 is 1.73 bits per heavy atom. The Morgan fingerprint density at radius 2 is 1.24 bits per heavy atom. The van der Waals surface area contributed by atoms with Crippen LogP contribution >= 0.6 is 0 Å². The lowest BCUT2D eigenvalue weighted by Crippen LogP contribution is -2.32. The summed E-state index contributed by atoms with van der Waals surface area (Å²) in [6.07, 6.45) is 3.18. The number of ether oxygens (including phenoxy) is 4. The van der Waals surface area contributed by atoms with Gasteiger partial charge in [0.2, 0.25) is 0 Å². The maximum absolute atomic E-state index is 13.1. The van der Waals surface area contributed by atoms with Crippen LogP contribution in [0.25, 0.3) is 45.3 Å². The molecule has 0 saturated carbocycles. The van der Waals surface area contributed by atoms with Crippen LogP contribution in [0.5, 0.6) is 11.5 Å². The number of nitrogens with zero attached hydrogens (tertiary/aromatic N) is 6. The van der Waals surface area contributed by atoms with Crippen molar-refractivity contribution in [1.82, 2.24) is 46.2 Å². The molecule has 7 N–H and O–H groups in total. The van der Waals surface area contributed by atoms with E-state index in [-0.39, 0.29) is 24.8 Å². The van der Waals surface area contributed by atoms with E-state index in [1.807, 2.05) is 84.9 Å². The predicted octanol–water partition coefficient (Wildman–Crippen LogP) is 6.62. The molecule has 384 valence electrons. The zero-order valence-corrected chi connectivity index (χ0v) is 42.6. The Labute approximate surface area is 416 Å². The van der Waals surface area contributed by atoms with Gasteiger partial charge in [0.1, 0.15) is 60.0 Å². The zero-order valence-electron chi connectivity index (χ0n) is 42.6. The molecule has 2 fully saturated rings. The van der Waals surface area contributed by atoms with E-state index in [1.54, 1.807) is 32.3 Å². The molecule has 6 aromatic rings. The second-order valence-electron chi connectivity index (χ2n) is 17.0. The van der Waals surface area contributed by atoms with Crippen molar-refractivity contribution in [2.75, 3.05) is 79.1 Å². The number of carbonyl (C=O) groups excluding carboxylic acids is 1. The van der Waals surface area contributed by atoms with E-state index in [9.17, 15) is 15.0 Å². The molecule has 0 bridgehead atoms. The van der Waals surface area contributed by atoms with Gasteiger partial charge in [-0.25, -0.2) is 19.9 Å². The molecule has 2 unspecified atom stereocenters. The Kier molecular flexibility index (Phi) is 22.3. The van der Waals surface area contributed by atoms with Crippen LogP contribution in [-0.2, 0) is 9.47 Å². The molecule has 2 aliphatic rings. The van der Waals surface area contributed by atoms with Crippen molar-refractivity contribution in [3.05, 3.63) is 88.8 Å². The van der Waals surface area contributed by atoms with E-state index >= 15 is 0 Å². The van der Waals surface area contributed by atoms with E-state index in [0.29, 0.717) is 88.7 Å². The third-order valence-corrected chi connectivity index (χ3v) is 11.4. The van der Waals surface area contributed by atoms with Gasteiger partial charge in [0, 0.05) is 62.8 Å². The number of nitrogens with two attached hydrogens (primary N) is 1. The molecule has 71 heavy (non-hydrogen) atoms. The quantitative estimate of drug-likeness (QED) is 0.0561. The molecule has 0 radical (unpaired) electrons. The fourth-order valence-corrected chi connectivity index (χ4v) is 7.61. The van der Waals surface area contributed by atoms with Crippen LogP contribution in [0.4, 0.5) is 5.82 Å². The lowest BCUT2D eigenvalue weighted by molar-refractivity contribution is 0.0642. The summed E-state index contributed by atoms with van der Waals surface area (Å²) in [5, 5.41) is 36.7. The minimum absolute atomic E-state index is 0.143. The molecule has 2 aromatic carbocycles. The smallest absolute Gasteiger partial charge is 0.270 e. The first kappa shape index (κ1) is 55.6. The van der Waals surface area contributed by atoms with Gasteiger partial charge in [-0.15, -0.1) is 0 Å². The van der Waals surface area contributed by atoms with E-state index in [2.05, 4.69) is 36.2 Å². The topological polar surface area (TPSA) is 260 Å². The summed E-state index contributed by atoms with van der Waals surface area (Å²) in [6.45, 7) is 18.5. The fourth-order valence-electron chi connectivity index (χ4n) is 7.61. The summed E-state index contributed by atoms with van der Waals surface area (Å²) >= 11 is 0. The number of aromatic nitrogens is 6. The predicted molar refractivity (Wildman–Crippen MR) is 272 cm³/mol. The van der Waals surface area contributed by atoms with Gasteiger partial charge in [0.15, 0.2) is 11.6 Å². The summed E-state index contributed by atoms with van der Waals surface area (Å²) in [4.78, 5) is 31.6. The van der Waals surface area contributed by atoms with Gasteiger partial charge >= 0.3 is 0 Å². The molecule has 19 heteroatoms. The maximum atomic E-state index is 13.1. The van der Waals surface area contributed by atoms with E-state index < -0.39 is 12.2 Å². The number of aliphatic hydroxyl groups is 2. The molecular weight excluding hydrogens is 909 g/mol. The van der Waals surface area contributed by atoms with Crippen molar-refractivity contribution in [2.24, 2.45) is 5.92 Å². The Bertz CT molecular complexity index is 2530. The first-order valence-electron chi connectivity index (χ1n) is 24.3. The number of carbonyl (C=O) groups is 1. The van der Waals surface area contributed by atoms with E-state index in [4.69, 9.17) is 43.7 Å². The molecule has 2 saturated heterocycles. The van der Waals surface area contributed by atoms with Gasteiger partial charge < -0.3 is 59.9 Å². The van der Waals surface area contributed by atoms with Crippen molar-refractivity contribution in [3.8, 4) is 56.8 Å². The number of likely N-dealkylation sites (N-methyl/N-ethyl adjacent to an activating group) is 2. The van der Waals surface area contributed by atoms with Crippen LogP contribution in [0.3, 0.4) is 0 Å². The Balaban J connectivity index is 0.000000238. The number of aryl methyl sites for hydroxylation is 4. The molecule has 4 aromatic heterocycles. The molecule has 6 heterocycles. The Morgan fingerprint density at radius 1 is 0.718 bits per heavy atom. The summed E-state index contributed by atoms with van der Waals surface area (Å²) in [5.41, 5.74) is 12.9. The number of anilines is 1. The number of amides is 1. The molecule has 2 atom stereocenters. The standard InChI is InChI=1S/C26H33N5O5.C20H25N5O3.C4H8O.C2H6/c1-16-24(17(2)36-31-16)22-12-23(26(33)28-13-18-7-9-34-10-8-18)30-25(29-22)19-5-4-6-21(11-19)35-15-20(32)14-27-3;1-11-18(17-12(2)25-28-13(17)3)23-20(24-19(11)21)14-6-5-7-16(8-14)27-10-15(26)9-22-4;1-2-4-5-3-1;1-2/h4-6,11-12,18,20,27,32H,7-10,13-15H2,1-3H3,(H,28,33);5-8,15,22,26H,9-10H2,1-4H3,(H2,21,23,24);1-4H2;1-2H3. The van der Waals surface area contributed by atoms with Crippen molar-refractivity contribution >= 4 is 11.7 Å². The fraction of sp³-hybridized carbons (Fsp3) is 0.481. The average molecular weight is 981 g/mol. The summed E-state index contributed by atoms with van der Waals surface area (Å²) in [5.74, 6) is 3.87. The molecule has 19 nitrogen and oxygen atoms in total. The van der Waals surface area contributed by atoms with Crippen LogP contribution in [-0.4, -0.2) is 132 Å². The van der Waals surface area contributed by atoms with Crippen LogP contribution in [0.15, 0.2) is 63.6 Å². The molecule has 0 spiro atoms. The average Bonchev–Trinajstić information content (AvgIpc) is 4.17. The van der Waals surface area contributed by atoms with Gasteiger partial charge in [0.05, 0.1) is 33.9 Å². The number of aliphatic hydroxyl groups excluding tert-OH is 2. The lowest BCUT2D eigenvalue weighted by Gasteiger charge is -2.22. The molecular formula is C52H72N10O9. The highest BCUT2D eigenvalue weighted by atomic mass is 16.5. The van der Waals surface area contributed by atoms with Gasteiger partial charge in [0.25, 0.3) is 5.91 Å². The molecule has 8 rings (SSSR count). The number of nitrogens with one attached hydrogen (secondary N) is 3. The van der Waals surface area contributed by atoms with Crippen LogP contribution in [0, 0.1) is 40.5 Å². The first-order valence-corrected chi connectivity index (χ1v) is 24.3. The minimum Gasteiger partial charge on any atom is -0.491 e. The number of nitrogen functional groups attached to an aromatic ring is 1. The molecule has 0 aliphatic carbocycles. The SMILES string of the molecule is C1CCOC1.CC.CNCC(O)COc1cccc(-c2nc(C(=O)NCC3CCOCC3)cc(-c3c(C)noc3C)n2)c1.CNCC(O)COc1cccc(-c2nc(N)c(C)c(-c3c(C)noc3C)n2)c1. The van der Waals surface area contributed by atoms with E-state index in [0.717, 1.165) is 67.2 Å². The maximum Gasteiger partial charge on any atom is 0.270 e. The van der Waals surface area contributed by atoms with Gasteiger partial charge in [-0.05, 0) is 111 Å². The summed E-state index contributed by atoms with van der Waals surface area (Å²) in [7, 11) is 3.55. The van der Waals surface area contributed by atoms with Crippen LogP contribution in [0.1, 0.15) is 78.5 Å². The highest BCUT2D eigenvalue weighted by Crippen LogP contribution is 2.33. The van der Waals surface area contributed by atoms with Crippen molar-refractivity contribution in [3.63, 3.8) is 0 Å². The van der Waals surface area contributed by atoms with Crippen LogP contribution < -0.4 is 31.2 Å². The van der Waals surface area contributed by atoms with Crippen LogP contribution in [0.2, 0.25) is 0 Å². The monoisotopic (exact) mass is 981 g/mol. The second kappa shape index (κ2) is 28.5. The zero-order chi connectivity index (χ0) is 51.3. The van der Waals surface area contributed by atoms with Gasteiger partial charge in [-0.2, -0.15) is 0 Å². The number of benzene rings is 2. The van der Waals surface area contributed by atoms with E-state index in [1.165, 1.54) is 12.8 Å². The third-order valence-electron chi connectivity index (χ3n) is 11.4. The van der Waals surface area contributed by atoms with Crippen molar-refractivity contribution in [2.45, 2.75) is 86.4 Å². The van der Waals surface area contributed by atoms with Crippen molar-refractivity contribution < 1.29 is 43.0 Å². The second-order valence-corrected chi connectivity index (χ2v) is 17.0. The Hall–Kier alpha value is -6.35. The minimum atomic E-state index is -0.635. The third kappa shape index (κ3) is 16.3. The largest absolute Gasteiger partial charge is 0.491 e.